The summed E-state index contributed by atoms with van der Waals surface area (Å²) in [6, 6.07) is 6.16. The minimum Gasteiger partial charge on any atom is -0.391 e. The maximum absolute atomic E-state index is 13.7. The van der Waals surface area contributed by atoms with Crippen LogP contribution in [0.5, 0.6) is 0 Å². The molecule has 2 aromatic rings. The Labute approximate surface area is 253 Å². The molecule has 10 nitrogen and oxygen atoms in total. The summed E-state index contributed by atoms with van der Waals surface area (Å²) < 4.78 is 10.9. The summed E-state index contributed by atoms with van der Waals surface area (Å²) >= 11 is 1.58. The van der Waals surface area contributed by atoms with E-state index in [9.17, 15) is 19.5 Å². The number of rotatable bonds is 15. The molecule has 11 heteroatoms. The van der Waals surface area contributed by atoms with E-state index >= 15 is 0 Å². The van der Waals surface area contributed by atoms with E-state index in [-0.39, 0.29) is 38.6 Å². The van der Waals surface area contributed by atoms with Crippen molar-refractivity contribution in [3.63, 3.8) is 0 Å². The van der Waals surface area contributed by atoms with E-state index in [0.29, 0.717) is 13.2 Å². The normalized spacial score (nSPS) is 17.7. The molecule has 0 unspecified atom stereocenters. The molecular formula is C31H46N4O6S. The third-order valence-electron chi connectivity index (χ3n) is 7.21. The third kappa shape index (κ3) is 9.86. The lowest BCUT2D eigenvalue weighted by molar-refractivity contribution is -0.144. The summed E-state index contributed by atoms with van der Waals surface area (Å²) in [4.78, 5) is 46.4. The molecule has 0 bridgehead atoms. The number of aromatic nitrogens is 1. The van der Waals surface area contributed by atoms with Gasteiger partial charge in [-0.15, -0.1) is 11.3 Å². The number of aliphatic hydroxyl groups excluding tert-OH is 1. The number of β-amino-alcohol motifs (C(OH)–C–C–N with tert-alkyl or cyclic N) is 1. The quantitative estimate of drug-likeness (QED) is 0.266. The van der Waals surface area contributed by atoms with E-state index in [2.05, 4.69) is 22.5 Å². The molecule has 1 aromatic carbocycles. The highest BCUT2D eigenvalue weighted by molar-refractivity contribution is 7.13. The van der Waals surface area contributed by atoms with Gasteiger partial charge in [-0.1, -0.05) is 64.8 Å². The molecule has 232 valence electrons. The lowest BCUT2D eigenvalue weighted by Crippen LogP contribution is -2.58. The van der Waals surface area contributed by atoms with Gasteiger partial charge in [0.1, 0.15) is 18.7 Å². The topological polar surface area (TPSA) is 130 Å². The van der Waals surface area contributed by atoms with Crippen LogP contribution in [0.25, 0.3) is 10.4 Å². The maximum atomic E-state index is 13.7. The minimum absolute atomic E-state index is 0.0220. The van der Waals surface area contributed by atoms with Gasteiger partial charge in [0.25, 0.3) is 0 Å². The largest absolute Gasteiger partial charge is 0.391 e. The van der Waals surface area contributed by atoms with E-state index in [1.165, 1.54) is 4.90 Å². The Morgan fingerprint density at radius 3 is 2.48 bits per heavy atom. The van der Waals surface area contributed by atoms with Crippen molar-refractivity contribution in [3.8, 4) is 10.4 Å². The van der Waals surface area contributed by atoms with Crippen LogP contribution < -0.4 is 10.6 Å². The average Bonchev–Trinajstić information content (AvgIpc) is 3.56. The summed E-state index contributed by atoms with van der Waals surface area (Å²) in [6.07, 6.45) is 2.54. The second kappa shape index (κ2) is 16.1. The Kier molecular flexibility index (Phi) is 12.9. The van der Waals surface area contributed by atoms with Gasteiger partial charge in [0.2, 0.25) is 17.7 Å². The predicted octanol–water partition coefficient (Wildman–Crippen LogP) is 3.45. The zero-order valence-electron chi connectivity index (χ0n) is 25.5. The predicted molar refractivity (Wildman–Crippen MR) is 163 cm³/mol. The van der Waals surface area contributed by atoms with Crippen molar-refractivity contribution in [1.82, 2.24) is 20.5 Å². The number of nitrogens with one attached hydrogen (secondary N) is 2. The van der Waals surface area contributed by atoms with Gasteiger partial charge in [-0.3, -0.25) is 14.4 Å². The van der Waals surface area contributed by atoms with E-state index in [1.807, 2.05) is 57.5 Å². The summed E-state index contributed by atoms with van der Waals surface area (Å²) in [7, 11) is 0. The van der Waals surface area contributed by atoms with E-state index < -0.39 is 35.4 Å². The number of benzene rings is 1. The number of ether oxygens (including phenoxy) is 2. The summed E-state index contributed by atoms with van der Waals surface area (Å²) in [6.45, 7) is 11.1. The van der Waals surface area contributed by atoms with Crippen LogP contribution in [0, 0.1) is 12.3 Å². The van der Waals surface area contributed by atoms with Gasteiger partial charge in [0, 0.05) is 26.1 Å². The number of unbranched alkanes of at least 4 members (excludes halogenated alkanes) is 2. The highest BCUT2D eigenvalue weighted by Crippen LogP contribution is 2.28. The number of carbonyl (C=O) groups is 3. The molecule has 1 aliphatic heterocycles. The molecule has 3 amide bonds. The van der Waals surface area contributed by atoms with Crippen molar-refractivity contribution >= 4 is 29.1 Å². The van der Waals surface area contributed by atoms with Gasteiger partial charge >= 0.3 is 0 Å². The molecule has 0 saturated carbocycles. The number of aryl methyl sites for hydroxylation is 1. The third-order valence-corrected chi connectivity index (χ3v) is 8.19. The van der Waals surface area contributed by atoms with Crippen LogP contribution in [-0.2, 0) is 30.4 Å². The van der Waals surface area contributed by atoms with Crippen molar-refractivity contribution in [2.24, 2.45) is 5.41 Å². The Balaban J connectivity index is 1.54. The minimum atomic E-state index is -0.901. The molecule has 1 fully saturated rings. The zero-order valence-corrected chi connectivity index (χ0v) is 26.3. The van der Waals surface area contributed by atoms with E-state index in [1.54, 1.807) is 11.3 Å². The first-order chi connectivity index (χ1) is 20.0. The van der Waals surface area contributed by atoms with Gasteiger partial charge in [-0.2, -0.15) is 0 Å². The Morgan fingerprint density at radius 2 is 1.83 bits per heavy atom. The van der Waals surface area contributed by atoms with E-state index in [0.717, 1.165) is 41.0 Å². The van der Waals surface area contributed by atoms with Gasteiger partial charge in [0.05, 0.1) is 35.4 Å². The number of likely N-dealkylation sites (tertiary alicyclic amines) is 1. The second-order valence-electron chi connectivity index (χ2n) is 11.8. The van der Waals surface area contributed by atoms with Gasteiger partial charge in [-0.25, -0.2) is 4.98 Å². The number of aliphatic hydroxyl groups is 1. The maximum Gasteiger partial charge on any atom is 0.246 e. The van der Waals surface area contributed by atoms with Crippen LogP contribution in [0.2, 0.25) is 0 Å². The van der Waals surface area contributed by atoms with Crippen molar-refractivity contribution < 1.29 is 29.0 Å². The molecule has 0 radical (unpaired) electrons. The van der Waals surface area contributed by atoms with Crippen LogP contribution in [0.15, 0.2) is 29.8 Å². The van der Waals surface area contributed by atoms with Crippen molar-refractivity contribution in [2.45, 2.75) is 85.0 Å². The first-order valence-corrected chi connectivity index (χ1v) is 15.6. The van der Waals surface area contributed by atoms with Crippen LogP contribution in [-0.4, -0.2) is 83.9 Å². The average molecular weight is 603 g/mol. The number of nitrogens with zero attached hydrogens (tertiary/aromatic N) is 2. The highest BCUT2D eigenvalue weighted by atomic mass is 32.1. The van der Waals surface area contributed by atoms with Crippen LogP contribution in [0.3, 0.4) is 0 Å². The monoisotopic (exact) mass is 602 g/mol. The van der Waals surface area contributed by atoms with Crippen molar-refractivity contribution in [1.29, 1.82) is 0 Å². The molecule has 1 aliphatic rings. The fraction of sp³-hybridized carbons (Fsp3) is 0.613. The Morgan fingerprint density at radius 1 is 1.12 bits per heavy atom. The first kappa shape index (κ1) is 33.6. The molecule has 1 saturated heterocycles. The lowest BCUT2D eigenvalue weighted by Gasteiger charge is -2.35. The van der Waals surface area contributed by atoms with E-state index in [4.69, 9.17) is 9.47 Å². The summed E-state index contributed by atoms with van der Waals surface area (Å²) in [5, 5.41) is 16.1. The highest BCUT2D eigenvalue weighted by Gasteiger charge is 2.44. The van der Waals surface area contributed by atoms with Gasteiger partial charge in [0.15, 0.2) is 0 Å². The van der Waals surface area contributed by atoms with Crippen molar-refractivity contribution in [3.05, 3.63) is 41.0 Å². The number of carbonyl (C=O) groups excluding carboxylic acids is 3. The lowest BCUT2D eigenvalue weighted by atomic mass is 9.85. The second-order valence-corrected chi connectivity index (χ2v) is 12.7. The molecule has 0 aliphatic carbocycles. The fourth-order valence-electron chi connectivity index (χ4n) is 4.82. The molecule has 3 N–H and O–H groups in total. The molecular weight excluding hydrogens is 556 g/mol. The SMILES string of the molecule is CCCCCOCCOCC(=O)N[C@H](C(=O)N1C[C@H](O)C[C@H]1C(=O)NCc1ccc(-c2scnc2C)cc1)C(C)(C)C. The molecule has 3 atom stereocenters. The van der Waals surface area contributed by atoms with Gasteiger partial charge < -0.3 is 30.1 Å². The van der Waals surface area contributed by atoms with Crippen molar-refractivity contribution in [2.75, 3.05) is 33.0 Å². The molecule has 1 aromatic heterocycles. The van der Waals surface area contributed by atoms with Crippen LogP contribution in [0.4, 0.5) is 0 Å². The standard InChI is InChI=1S/C31H46N4O6S/c1-6-7-8-13-40-14-15-41-19-26(37)34-28(31(3,4)5)30(39)35-18-24(36)16-25(35)29(38)32-17-22-9-11-23(12-10-22)27-21(2)33-20-42-27/h9-12,20,24-25,28,36H,6-8,13-19H2,1-5H3,(H,32,38)(H,34,37)/t24-,25+,28-/m1/s1. The zero-order chi connectivity index (χ0) is 30.7. The molecule has 2 heterocycles. The summed E-state index contributed by atoms with van der Waals surface area (Å²) in [5.41, 5.74) is 4.14. The Bertz CT molecular complexity index is 1160. The number of amides is 3. The smallest absolute Gasteiger partial charge is 0.246 e. The number of hydrogen-bond donors (Lipinski definition) is 3. The first-order valence-electron chi connectivity index (χ1n) is 14.7. The van der Waals surface area contributed by atoms with Crippen LogP contribution in [0.1, 0.15) is 64.6 Å². The van der Waals surface area contributed by atoms with Gasteiger partial charge in [-0.05, 0) is 29.9 Å². The molecule has 0 spiro atoms. The number of hydrogen-bond acceptors (Lipinski definition) is 8. The number of thiazole rings is 1. The fourth-order valence-corrected chi connectivity index (χ4v) is 5.63. The molecule has 3 rings (SSSR count). The summed E-state index contributed by atoms with van der Waals surface area (Å²) in [5.74, 6) is -1.17. The van der Waals surface area contributed by atoms with Crippen LogP contribution >= 0.6 is 11.3 Å². The molecule has 42 heavy (non-hydrogen) atoms. The Hall–Kier alpha value is -2.86.